The van der Waals surface area contributed by atoms with Gasteiger partial charge in [-0.05, 0) is 50.8 Å². The van der Waals surface area contributed by atoms with Gasteiger partial charge in [-0.3, -0.25) is 4.79 Å². The van der Waals surface area contributed by atoms with Crippen LogP contribution >= 0.6 is 0 Å². The van der Waals surface area contributed by atoms with E-state index in [-0.39, 0.29) is 17.2 Å². The second-order valence-electron chi connectivity index (χ2n) is 8.73. The van der Waals surface area contributed by atoms with Crippen molar-refractivity contribution in [1.82, 2.24) is 15.0 Å². The third-order valence-corrected chi connectivity index (χ3v) is 6.17. The predicted octanol–water partition coefficient (Wildman–Crippen LogP) is 5.75. The second-order valence-corrected chi connectivity index (χ2v) is 8.73. The van der Waals surface area contributed by atoms with Gasteiger partial charge in [0.05, 0.1) is 24.4 Å². The summed E-state index contributed by atoms with van der Waals surface area (Å²) >= 11 is 0. The van der Waals surface area contributed by atoms with Gasteiger partial charge in [-0.2, -0.15) is 0 Å². The molecule has 3 aromatic rings. The average molecular weight is 461 g/mol. The van der Waals surface area contributed by atoms with Crippen molar-refractivity contribution in [3.8, 4) is 5.75 Å². The van der Waals surface area contributed by atoms with Crippen molar-refractivity contribution < 1.29 is 9.53 Å². The van der Waals surface area contributed by atoms with E-state index in [1.165, 1.54) is 11.1 Å². The first-order chi connectivity index (χ1) is 16.4. The van der Waals surface area contributed by atoms with Crippen LogP contribution in [0.2, 0.25) is 0 Å². The van der Waals surface area contributed by atoms with Gasteiger partial charge in [0.15, 0.2) is 5.75 Å². The highest BCUT2D eigenvalue weighted by molar-refractivity contribution is 5.95. The van der Waals surface area contributed by atoms with Crippen LogP contribution in [0, 0.1) is 26.7 Å². The van der Waals surface area contributed by atoms with Crippen LogP contribution < -0.4 is 10.1 Å². The molecular weight excluding hydrogens is 424 g/mol. The highest BCUT2D eigenvalue weighted by Crippen LogP contribution is 2.55. The number of rotatable bonds is 8. The van der Waals surface area contributed by atoms with E-state index in [2.05, 4.69) is 58.4 Å². The normalized spacial score (nSPS) is 18.5. The number of aryl methyl sites for hydroxylation is 4. The molecule has 6 heteroatoms. The molecule has 2 atom stereocenters. The minimum absolute atomic E-state index is 0.0261. The molecule has 34 heavy (non-hydrogen) atoms. The van der Waals surface area contributed by atoms with E-state index < -0.39 is 0 Å². The largest absolute Gasteiger partial charge is 0.489 e. The van der Waals surface area contributed by atoms with Crippen LogP contribution in [0.4, 0.5) is 5.82 Å². The van der Waals surface area contributed by atoms with Crippen LogP contribution in [0.5, 0.6) is 5.75 Å². The van der Waals surface area contributed by atoms with Crippen LogP contribution in [0.15, 0.2) is 48.8 Å². The topological polar surface area (TPSA) is 77.0 Å². The summed E-state index contributed by atoms with van der Waals surface area (Å²) in [6.07, 6.45) is 6.32. The number of anilines is 1. The predicted molar refractivity (Wildman–Crippen MR) is 136 cm³/mol. The van der Waals surface area contributed by atoms with Gasteiger partial charge < -0.3 is 10.1 Å². The first kappa shape index (κ1) is 25.3. The molecule has 0 spiro atoms. The number of nitrogens with one attached hydrogen (secondary N) is 1. The van der Waals surface area contributed by atoms with Crippen molar-refractivity contribution in [3.05, 3.63) is 77.0 Å². The molecule has 180 valence electrons. The Morgan fingerprint density at radius 2 is 1.79 bits per heavy atom. The molecule has 0 saturated heterocycles. The number of ether oxygens (including phenoxy) is 1. The first-order valence-electron chi connectivity index (χ1n) is 12.2. The number of pyridine rings is 1. The number of benzene rings is 1. The van der Waals surface area contributed by atoms with Crippen LogP contribution in [0.3, 0.4) is 0 Å². The molecule has 1 fully saturated rings. The van der Waals surface area contributed by atoms with Crippen molar-refractivity contribution in [2.24, 2.45) is 5.92 Å². The molecule has 2 heterocycles. The third-order valence-electron chi connectivity index (χ3n) is 6.17. The summed E-state index contributed by atoms with van der Waals surface area (Å²) in [6, 6.07) is 12.3. The summed E-state index contributed by atoms with van der Waals surface area (Å²) in [4.78, 5) is 26.2. The van der Waals surface area contributed by atoms with Gasteiger partial charge >= 0.3 is 0 Å². The first-order valence-corrected chi connectivity index (χ1v) is 12.2. The average Bonchev–Trinajstić information content (AvgIpc) is 3.58. The number of hydrogen-bond acceptors (Lipinski definition) is 5. The quantitative estimate of drug-likeness (QED) is 0.463. The molecule has 1 aromatic carbocycles. The molecule has 0 radical (unpaired) electrons. The Morgan fingerprint density at radius 3 is 2.41 bits per heavy atom. The molecule has 1 saturated carbocycles. The fraction of sp³-hybridized carbons (Fsp3) is 0.429. The number of carbonyl (C=O) groups excluding carboxylic acids is 1. The van der Waals surface area contributed by atoms with E-state index in [0.29, 0.717) is 24.0 Å². The van der Waals surface area contributed by atoms with Crippen LogP contribution in [0.25, 0.3) is 0 Å². The van der Waals surface area contributed by atoms with E-state index in [1.807, 2.05) is 46.0 Å². The van der Waals surface area contributed by atoms with E-state index in [1.54, 1.807) is 6.20 Å². The minimum Gasteiger partial charge on any atom is -0.489 e. The van der Waals surface area contributed by atoms with Crippen LogP contribution in [0.1, 0.15) is 61.8 Å². The number of nitrogens with zero attached hydrogens (tertiary/aromatic N) is 3. The summed E-state index contributed by atoms with van der Waals surface area (Å²) in [7, 11) is 0. The Morgan fingerprint density at radius 1 is 1.06 bits per heavy atom. The summed E-state index contributed by atoms with van der Waals surface area (Å²) in [5.74, 6) is 1.74. The Labute approximate surface area is 203 Å². The Balaban J connectivity index is 0.00000158. The monoisotopic (exact) mass is 460 g/mol. The molecule has 1 amide bonds. The summed E-state index contributed by atoms with van der Waals surface area (Å²) in [5.41, 5.74) is 3.90. The molecule has 0 aliphatic heterocycles. The fourth-order valence-corrected chi connectivity index (χ4v) is 4.17. The maximum absolute atomic E-state index is 13.1. The molecule has 2 aromatic heterocycles. The summed E-state index contributed by atoms with van der Waals surface area (Å²) in [6.45, 7) is 12.4. The molecule has 6 nitrogen and oxygen atoms in total. The van der Waals surface area contributed by atoms with Crippen molar-refractivity contribution in [2.45, 2.75) is 66.2 Å². The zero-order valence-corrected chi connectivity index (χ0v) is 21.2. The number of aromatic nitrogens is 3. The van der Waals surface area contributed by atoms with E-state index in [0.717, 1.165) is 30.5 Å². The minimum atomic E-state index is -0.378. The molecule has 0 bridgehead atoms. The zero-order valence-electron chi connectivity index (χ0n) is 21.2. The molecule has 1 aliphatic carbocycles. The maximum atomic E-state index is 13.1. The lowest BCUT2D eigenvalue weighted by Crippen LogP contribution is -2.27. The highest BCUT2D eigenvalue weighted by Gasteiger charge is 2.60. The Kier molecular flexibility index (Phi) is 8.37. The number of amides is 1. The van der Waals surface area contributed by atoms with Gasteiger partial charge in [0, 0.05) is 11.6 Å². The molecule has 2 unspecified atom stereocenters. The highest BCUT2D eigenvalue weighted by atomic mass is 16.5. The van der Waals surface area contributed by atoms with E-state index in [4.69, 9.17) is 4.74 Å². The van der Waals surface area contributed by atoms with Crippen LogP contribution in [-0.4, -0.2) is 27.5 Å². The standard InChI is InChI=1S/C26H30N4O2.C2H6/c1-5-6-20-9-12-24(28-14-20)30-25(31)22-13-26(22,21-10-7-17(2)8-11-21)16-32-23-15-27-19(4)29-18(23)3;1-2/h7-12,14-15,22H,5-6,13,16H2,1-4H3,(H,28,30,31);1-2H3. The van der Waals surface area contributed by atoms with Crippen molar-refractivity contribution in [3.63, 3.8) is 0 Å². The second kappa shape index (κ2) is 11.2. The smallest absolute Gasteiger partial charge is 0.229 e. The Hall–Kier alpha value is -3.28. The van der Waals surface area contributed by atoms with E-state index in [9.17, 15) is 4.79 Å². The number of hydrogen-bond donors (Lipinski definition) is 1. The van der Waals surface area contributed by atoms with Gasteiger partial charge in [-0.25, -0.2) is 15.0 Å². The van der Waals surface area contributed by atoms with Crippen molar-refractivity contribution in [2.75, 3.05) is 11.9 Å². The van der Waals surface area contributed by atoms with Crippen molar-refractivity contribution >= 4 is 11.7 Å². The van der Waals surface area contributed by atoms with Gasteiger partial charge in [-0.1, -0.05) is 63.1 Å². The summed E-state index contributed by atoms with van der Waals surface area (Å²) < 4.78 is 6.16. The molecule has 4 rings (SSSR count). The van der Waals surface area contributed by atoms with Gasteiger partial charge in [0.2, 0.25) is 5.91 Å². The number of carbonyl (C=O) groups is 1. The lowest BCUT2D eigenvalue weighted by atomic mass is 9.93. The Bertz CT molecular complexity index is 1100. The van der Waals surface area contributed by atoms with Gasteiger partial charge in [0.1, 0.15) is 11.6 Å². The molecule has 1 N–H and O–H groups in total. The van der Waals surface area contributed by atoms with Crippen molar-refractivity contribution in [1.29, 1.82) is 0 Å². The fourth-order valence-electron chi connectivity index (χ4n) is 4.17. The lowest BCUT2D eigenvalue weighted by molar-refractivity contribution is -0.117. The molecule has 1 aliphatic rings. The lowest BCUT2D eigenvalue weighted by Gasteiger charge is -2.20. The SMILES string of the molecule is CC.CCCc1ccc(NC(=O)C2CC2(COc2cnc(C)nc2C)c2ccc(C)cc2)nc1. The third kappa shape index (κ3) is 5.79. The molecular formula is C28H36N4O2. The van der Waals surface area contributed by atoms with Gasteiger partial charge in [0.25, 0.3) is 0 Å². The van der Waals surface area contributed by atoms with E-state index >= 15 is 0 Å². The zero-order chi connectivity index (χ0) is 24.7. The van der Waals surface area contributed by atoms with Gasteiger partial charge in [-0.15, -0.1) is 0 Å². The van der Waals surface area contributed by atoms with Crippen LogP contribution in [-0.2, 0) is 16.6 Å². The maximum Gasteiger partial charge on any atom is 0.229 e. The summed E-state index contributed by atoms with van der Waals surface area (Å²) in [5, 5.41) is 3.00.